The van der Waals surface area contributed by atoms with Gasteiger partial charge >= 0.3 is 0 Å². The molecule has 0 aliphatic carbocycles. The number of H-pyrrole nitrogens is 1. The number of nitrogens with zero attached hydrogens (tertiary/aromatic N) is 4. The van der Waals surface area contributed by atoms with Gasteiger partial charge in [0.05, 0.1) is 31.5 Å². The van der Waals surface area contributed by atoms with Crippen LogP contribution in [-0.2, 0) is 17.8 Å². The Morgan fingerprint density at radius 2 is 2.40 bits per heavy atom. The highest BCUT2D eigenvalue weighted by Gasteiger charge is 2.26. The van der Waals surface area contributed by atoms with Crippen LogP contribution >= 0.6 is 0 Å². The van der Waals surface area contributed by atoms with Crippen LogP contribution in [0, 0.1) is 0 Å². The summed E-state index contributed by atoms with van der Waals surface area (Å²) >= 11 is 0. The predicted molar refractivity (Wildman–Crippen MR) is 75.1 cm³/mol. The van der Waals surface area contributed by atoms with Gasteiger partial charge in [-0.05, 0) is 12.5 Å². The Labute approximate surface area is 118 Å². The van der Waals surface area contributed by atoms with E-state index >= 15 is 0 Å². The van der Waals surface area contributed by atoms with Gasteiger partial charge in [-0.3, -0.25) is 10.00 Å². The van der Waals surface area contributed by atoms with Gasteiger partial charge in [0.15, 0.2) is 0 Å². The van der Waals surface area contributed by atoms with E-state index < -0.39 is 0 Å². The molecule has 1 aliphatic heterocycles. The summed E-state index contributed by atoms with van der Waals surface area (Å²) in [6.45, 7) is 6.46. The molecule has 2 aromatic rings. The van der Waals surface area contributed by atoms with Crippen molar-refractivity contribution >= 4 is 0 Å². The lowest BCUT2D eigenvalue weighted by Crippen LogP contribution is -2.39. The molecule has 1 aliphatic rings. The second-order valence-electron chi connectivity index (χ2n) is 5.11. The number of nitrogens with one attached hydrogen (secondary N) is 1. The van der Waals surface area contributed by atoms with Crippen molar-refractivity contribution in [3.05, 3.63) is 36.2 Å². The lowest BCUT2D eigenvalue weighted by atomic mass is 10.1. The summed E-state index contributed by atoms with van der Waals surface area (Å²) in [5.74, 6) is 1.12. The molecule has 1 saturated heterocycles. The topological polar surface area (TPSA) is 59.0 Å². The van der Waals surface area contributed by atoms with Crippen molar-refractivity contribution in [2.45, 2.75) is 32.5 Å². The second-order valence-corrected chi connectivity index (χ2v) is 5.11. The molecule has 6 heteroatoms. The van der Waals surface area contributed by atoms with Crippen LogP contribution in [0.15, 0.2) is 24.7 Å². The number of rotatable bonds is 5. The first-order valence-electron chi connectivity index (χ1n) is 7.19. The first-order valence-corrected chi connectivity index (χ1v) is 7.19. The fraction of sp³-hybridized carbons (Fsp3) is 0.571. The Morgan fingerprint density at radius 1 is 1.45 bits per heavy atom. The third kappa shape index (κ3) is 2.76. The van der Waals surface area contributed by atoms with Gasteiger partial charge in [-0.15, -0.1) is 0 Å². The van der Waals surface area contributed by atoms with E-state index in [0.29, 0.717) is 6.61 Å². The molecule has 0 aromatic carbocycles. The van der Waals surface area contributed by atoms with Crippen molar-refractivity contribution < 1.29 is 4.74 Å². The molecule has 0 saturated carbocycles. The lowest BCUT2D eigenvalue weighted by molar-refractivity contribution is -0.0158. The van der Waals surface area contributed by atoms with Gasteiger partial charge in [0.25, 0.3) is 0 Å². The van der Waals surface area contributed by atoms with Crippen molar-refractivity contribution in [1.29, 1.82) is 0 Å². The van der Waals surface area contributed by atoms with Crippen LogP contribution in [0.2, 0.25) is 0 Å². The SMILES string of the molecule is CCCn1ccnc1CN1CCOC[C@@H]1c1ccn[nH]1. The minimum atomic E-state index is 0.234. The third-order valence-electron chi connectivity index (χ3n) is 3.73. The van der Waals surface area contributed by atoms with E-state index in [2.05, 4.69) is 37.8 Å². The summed E-state index contributed by atoms with van der Waals surface area (Å²) in [7, 11) is 0. The Balaban J connectivity index is 1.75. The molecular weight excluding hydrogens is 254 g/mol. The van der Waals surface area contributed by atoms with Crippen molar-refractivity contribution in [2.24, 2.45) is 0 Å². The van der Waals surface area contributed by atoms with Crippen molar-refractivity contribution in [1.82, 2.24) is 24.6 Å². The quantitative estimate of drug-likeness (QED) is 0.900. The maximum Gasteiger partial charge on any atom is 0.122 e. The Hall–Kier alpha value is -1.66. The molecule has 20 heavy (non-hydrogen) atoms. The van der Waals surface area contributed by atoms with Gasteiger partial charge in [0, 0.05) is 31.7 Å². The fourth-order valence-electron chi connectivity index (χ4n) is 2.68. The van der Waals surface area contributed by atoms with Crippen LogP contribution in [0.5, 0.6) is 0 Å². The first-order chi connectivity index (χ1) is 9.88. The molecule has 0 spiro atoms. The first kappa shape index (κ1) is 13.3. The molecule has 108 valence electrons. The van der Waals surface area contributed by atoms with Gasteiger partial charge in [0.1, 0.15) is 5.82 Å². The molecule has 0 radical (unpaired) electrons. The van der Waals surface area contributed by atoms with Crippen LogP contribution in [0.25, 0.3) is 0 Å². The number of hydrogen-bond acceptors (Lipinski definition) is 4. The van der Waals surface area contributed by atoms with E-state index in [1.807, 2.05) is 12.3 Å². The monoisotopic (exact) mass is 275 g/mol. The Bertz CT molecular complexity index is 521. The number of imidazole rings is 1. The van der Waals surface area contributed by atoms with E-state index in [-0.39, 0.29) is 6.04 Å². The molecule has 1 N–H and O–H groups in total. The molecule has 2 aromatic heterocycles. The minimum absolute atomic E-state index is 0.234. The molecule has 6 nitrogen and oxygen atoms in total. The zero-order valence-corrected chi connectivity index (χ0v) is 11.8. The smallest absolute Gasteiger partial charge is 0.122 e. The molecule has 1 atom stereocenters. The van der Waals surface area contributed by atoms with Crippen molar-refractivity contribution in [3.63, 3.8) is 0 Å². The van der Waals surface area contributed by atoms with Crippen LogP contribution in [0.4, 0.5) is 0 Å². The number of aryl methyl sites for hydroxylation is 1. The lowest BCUT2D eigenvalue weighted by Gasteiger charge is -2.34. The van der Waals surface area contributed by atoms with Crippen molar-refractivity contribution in [3.8, 4) is 0 Å². The van der Waals surface area contributed by atoms with Gasteiger partial charge in [-0.1, -0.05) is 6.92 Å². The summed E-state index contributed by atoms with van der Waals surface area (Å²) in [6, 6.07) is 2.25. The average Bonchev–Trinajstić information content (AvgIpc) is 3.12. The van der Waals surface area contributed by atoms with E-state index in [0.717, 1.165) is 44.2 Å². The van der Waals surface area contributed by atoms with E-state index in [9.17, 15) is 0 Å². The predicted octanol–water partition coefficient (Wildman–Crippen LogP) is 1.59. The third-order valence-corrected chi connectivity index (χ3v) is 3.73. The number of ether oxygens (including phenoxy) is 1. The van der Waals surface area contributed by atoms with Crippen LogP contribution in [0.1, 0.15) is 30.9 Å². The van der Waals surface area contributed by atoms with Crippen LogP contribution in [-0.4, -0.2) is 44.4 Å². The number of morpholine rings is 1. The zero-order chi connectivity index (χ0) is 13.8. The minimum Gasteiger partial charge on any atom is -0.378 e. The maximum atomic E-state index is 5.62. The standard InChI is InChI=1S/C14H21N5O/c1-2-6-18-7-5-15-14(18)10-19-8-9-20-11-13(19)12-3-4-16-17-12/h3-5,7,13H,2,6,8-11H2,1H3,(H,16,17)/t13-/m1/s1. The number of aromatic nitrogens is 4. The van der Waals surface area contributed by atoms with Crippen molar-refractivity contribution in [2.75, 3.05) is 19.8 Å². The molecule has 0 unspecified atom stereocenters. The highest BCUT2D eigenvalue weighted by Crippen LogP contribution is 2.23. The highest BCUT2D eigenvalue weighted by atomic mass is 16.5. The molecule has 1 fully saturated rings. The Kier molecular flexibility index (Phi) is 4.13. The molecule has 0 bridgehead atoms. The summed E-state index contributed by atoms with van der Waals surface area (Å²) in [4.78, 5) is 6.91. The number of hydrogen-bond donors (Lipinski definition) is 1. The second kappa shape index (κ2) is 6.19. The van der Waals surface area contributed by atoms with Gasteiger partial charge < -0.3 is 9.30 Å². The number of aromatic amines is 1. The van der Waals surface area contributed by atoms with Gasteiger partial charge in [-0.2, -0.15) is 5.10 Å². The van der Waals surface area contributed by atoms with Gasteiger partial charge in [0.2, 0.25) is 0 Å². The van der Waals surface area contributed by atoms with Crippen LogP contribution < -0.4 is 0 Å². The van der Waals surface area contributed by atoms with E-state index in [4.69, 9.17) is 4.74 Å². The van der Waals surface area contributed by atoms with Crippen LogP contribution in [0.3, 0.4) is 0 Å². The largest absolute Gasteiger partial charge is 0.378 e. The summed E-state index contributed by atoms with van der Waals surface area (Å²) < 4.78 is 7.85. The van der Waals surface area contributed by atoms with Gasteiger partial charge in [-0.25, -0.2) is 4.98 Å². The molecule has 3 rings (SSSR count). The molecule has 3 heterocycles. The van der Waals surface area contributed by atoms with E-state index in [1.54, 1.807) is 6.20 Å². The molecule has 0 amide bonds. The average molecular weight is 275 g/mol. The summed E-state index contributed by atoms with van der Waals surface area (Å²) in [5, 5.41) is 7.11. The molecular formula is C14H21N5O. The Morgan fingerprint density at radius 3 is 3.20 bits per heavy atom. The summed E-state index contributed by atoms with van der Waals surface area (Å²) in [6.07, 6.45) is 6.86. The normalized spacial score (nSPS) is 20.4. The maximum absolute atomic E-state index is 5.62. The zero-order valence-electron chi connectivity index (χ0n) is 11.8. The summed E-state index contributed by atoms with van der Waals surface area (Å²) in [5.41, 5.74) is 1.11. The highest BCUT2D eigenvalue weighted by molar-refractivity contribution is 5.07. The van der Waals surface area contributed by atoms with E-state index in [1.165, 1.54) is 0 Å². The fourth-order valence-corrected chi connectivity index (χ4v) is 2.68.